The predicted molar refractivity (Wildman–Crippen MR) is 115 cm³/mol. The van der Waals surface area contributed by atoms with Crippen molar-refractivity contribution in [1.82, 2.24) is 0 Å². The lowest BCUT2D eigenvalue weighted by Crippen LogP contribution is -1.85. The minimum absolute atomic E-state index is 1.26. The molecule has 1 heteroatoms. The normalized spacial score (nSPS) is 11.3. The molecule has 26 heavy (non-hydrogen) atoms. The predicted octanol–water partition coefficient (Wildman–Crippen LogP) is 7.70. The summed E-state index contributed by atoms with van der Waals surface area (Å²) in [6.45, 7) is 2.16. The quantitative estimate of drug-likeness (QED) is 0.306. The first-order valence-electron chi connectivity index (χ1n) is 8.88. The van der Waals surface area contributed by atoms with Crippen molar-refractivity contribution in [2.24, 2.45) is 0 Å². The molecule has 1 heterocycles. The third-order valence-electron chi connectivity index (χ3n) is 4.95. The summed E-state index contributed by atoms with van der Waals surface area (Å²) >= 11 is 1.90. The molecule has 0 aliphatic heterocycles. The van der Waals surface area contributed by atoms with Gasteiger partial charge in [-0.1, -0.05) is 84.4 Å². The van der Waals surface area contributed by atoms with E-state index < -0.39 is 0 Å². The van der Waals surface area contributed by atoms with Crippen LogP contribution in [0.1, 0.15) is 5.56 Å². The topological polar surface area (TPSA) is 0 Å². The van der Waals surface area contributed by atoms with Crippen LogP contribution in [0.4, 0.5) is 0 Å². The fourth-order valence-corrected chi connectivity index (χ4v) is 4.92. The van der Waals surface area contributed by atoms with Gasteiger partial charge in [-0.25, -0.2) is 0 Å². The van der Waals surface area contributed by atoms with Crippen molar-refractivity contribution in [3.63, 3.8) is 0 Å². The van der Waals surface area contributed by atoms with Crippen LogP contribution >= 0.6 is 11.3 Å². The van der Waals surface area contributed by atoms with E-state index in [0.29, 0.717) is 0 Å². The molecule has 0 radical (unpaired) electrons. The fraction of sp³-hybridized carbons (Fsp3) is 0.0400. The molecule has 5 rings (SSSR count). The van der Waals surface area contributed by atoms with Crippen LogP contribution in [-0.2, 0) is 0 Å². The monoisotopic (exact) mass is 350 g/mol. The highest BCUT2D eigenvalue weighted by molar-refractivity contribution is 7.26. The van der Waals surface area contributed by atoms with Crippen LogP contribution in [0.25, 0.3) is 42.4 Å². The van der Waals surface area contributed by atoms with Gasteiger partial charge in [-0.15, -0.1) is 11.3 Å². The van der Waals surface area contributed by atoms with Crippen molar-refractivity contribution < 1.29 is 0 Å². The van der Waals surface area contributed by atoms with Crippen LogP contribution in [-0.4, -0.2) is 0 Å². The minimum Gasteiger partial charge on any atom is -0.135 e. The fourth-order valence-electron chi connectivity index (χ4n) is 3.71. The number of thiophene rings is 1. The molecule has 0 aliphatic carbocycles. The van der Waals surface area contributed by atoms with E-state index in [1.165, 1.54) is 48.0 Å². The van der Waals surface area contributed by atoms with Gasteiger partial charge in [-0.3, -0.25) is 0 Å². The number of aryl methyl sites for hydroxylation is 1. The van der Waals surface area contributed by atoms with Crippen LogP contribution in [0, 0.1) is 6.92 Å². The van der Waals surface area contributed by atoms with Crippen molar-refractivity contribution in [3.05, 3.63) is 96.6 Å². The van der Waals surface area contributed by atoms with Gasteiger partial charge >= 0.3 is 0 Å². The SMILES string of the molecule is Cc1ccc2sc3c(-c4ccccc4-c4ccccc4)cccc3c2c1. The van der Waals surface area contributed by atoms with Crippen molar-refractivity contribution in [2.75, 3.05) is 0 Å². The molecule has 0 bridgehead atoms. The second-order valence-corrected chi connectivity index (χ2v) is 7.75. The van der Waals surface area contributed by atoms with Gasteiger partial charge in [0.1, 0.15) is 0 Å². The lowest BCUT2D eigenvalue weighted by molar-refractivity contribution is 1.52. The summed E-state index contributed by atoms with van der Waals surface area (Å²) in [7, 11) is 0. The Labute approximate surface area is 157 Å². The van der Waals surface area contributed by atoms with E-state index in [-0.39, 0.29) is 0 Å². The molecular formula is C25H18S. The van der Waals surface area contributed by atoms with Gasteiger partial charge in [-0.05, 0) is 35.7 Å². The van der Waals surface area contributed by atoms with Crippen LogP contribution in [0.15, 0.2) is 91.0 Å². The summed E-state index contributed by atoms with van der Waals surface area (Å²) in [6.07, 6.45) is 0. The first kappa shape index (κ1) is 15.4. The van der Waals surface area contributed by atoms with Gasteiger partial charge in [0, 0.05) is 25.7 Å². The standard InChI is InChI=1S/C25H18S/c1-17-14-15-24-23(16-17)22-13-7-12-21(25(22)26-24)20-11-6-5-10-19(20)18-8-3-2-4-9-18/h2-16H,1H3. The average Bonchev–Trinajstić information content (AvgIpc) is 3.07. The van der Waals surface area contributed by atoms with Crippen LogP contribution in [0.3, 0.4) is 0 Å². The lowest BCUT2D eigenvalue weighted by atomic mass is 9.94. The van der Waals surface area contributed by atoms with Gasteiger partial charge in [-0.2, -0.15) is 0 Å². The molecule has 0 saturated carbocycles. The van der Waals surface area contributed by atoms with Gasteiger partial charge in [0.2, 0.25) is 0 Å². The molecule has 0 aliphatic rings. The third kappa shape index (κ3) is 2.44. The van der Waals surface area contributed by atoms with Gasteiger partial charge in [0.25, 0.3) is 0 Å². The smallest absolute Gasteiger partial charge is 0.0434 e. The summed E-state index contributed by atoms with van der Waals surface area (Å²) < 4.78 is 2.73. The molecule has 4 aromatic carbocycles. The highest BCUT2D eigenvalue weighted by atomic mass is 32.1. The van der Waals surface area contributed by atoms with Crippen molar-refractivity contribution in [1.29, 1.82) is 0 Å². The van der Waals surface area contributed by atoms with Crippen LogP contribution in [0.5, 0.6) is 0 Å². The summed E-state index contributed by atoms with van der Waals surface area (Å²) in [5, 5.41) is 2.72. The Morgan fingerprint density at radius 3 is 2.15 bits per heavy atom. The molecule has 124 valence electrons. The zero-order valence-electron chi connectivity index (χ0n) is 14.6. The molecule has 5 aromatic rings. The Balaban J connectivity index is 1.83. The number of hydrogen-bond donors (Lipinski definition) is 0. The molecule has 0 fully saturated rings. The van der Waals surface area contributed by atoms with Gasteiger partial charge in [0.05, 0.1) is 0 Å². The number of benzene rings is 4. The van der Waals surface area contributed by atoms with E-state index in [0.717, 1.165) is 0 Å². The van der Waals surface area contributed by atoms with E-state index in [1.54, 1.807) is 0 Å². The highest BCUT2D eigenvalue weighted by Crippen LogP contribution is 2.42. The second-order valence-electron chi connectivity index (χ2n) is 6.70. The highest BCUT2D eigenvalue weighted by Gasteiger charge is 2.13. The first-order valence-corrected chi connectivity index (χ1v) is 9.69. The Kier molecular flexibility index (Phi) is 3.62. The van der Waals surface area contributed by atoms with Crippen LogP contribution < -0.4 is 0 Å². The number of rotatable bonds is 2. The maximum Gasteiger partial charge on any atom is 0.0434 e. The number of hydrogen-bond acceptors (Lipinski definition) is 1. The van der Waals surface area contributed by atoms with Crippen molar-refractivity contribution in [3.8, 4) is 22.3 Å². The molecule has 1 aromatic heterocycles. The zero-order valence-corrected chi connectivity index (χ0v) is 15.4. The Morgan fingerprint density at radius 2 is 1.31 bits per heavy atom. The minimum atomic E-state index is 1.26. The molecular weight excluding hydrogens is 332 g/mol. The molecule has 0 amide bonds. The Morgan fingerprint density at radius 1 is 0.577 bits per heavy atom. The molecule has 0 spiro atoms. The summed E-state index contributed by atoms with van der Waals surface area (Å²) in [6, 6.07) is 32.8. The van der Waals surface area contributed by atoms with Crippen molar-refractivity contribution >= 4 is 31.5 Å². The molecule has 0 N–H and O–H groups in total. The van der Waals surface area contributed by atoms with Crippen molar-refractivity contribution in [2.45, 2.75) is 6.92 Å². The average molecular weight is 350 g/mol. The van der Waals surface area contributed by atoms with Gasteiger partial charge < -0.3 is 0 Å². The maximum atomic E-state index is 2.31. The lowest BCUT2D eigenvalue weighted by Gasteiger charge is -2.11. The maximum absolute atomic E-state index is 2.31. The zero-order chi connectivity index (χ0) is 17.5. The largest absolute Gasteiger partial charge is 0.135 e. The van der Waals surface area contributed by atoms with E-state index in [1.807, 2.05) is 11.3 Å². The molecule has 0 unspecified atom stereocenters. The summed E-state index contributed by atoms with van der Waals surface area (Å²) in [5.74, 6) is 0. The number of fused-ring (bicyclic) bond motifs is 3. The first-order chi connectivity index (χ1) is 12.8. The molecule has 0 nitrogen and oxygen atoms in total. The van der Waals surface area contributed by atoms with E-state index in [9.17, 15) is 0 Å². The Hall–Kier alpha value is -2.90. The molecule has 0 atom stereocenters. The van der Waals surface area contributed by atoms with E-state index in [4.69, 9.17) is 0 Å². The summed E-state index contributed by atoms with van der Waals surface area (Å²) in [4.78, 5) is 0. The third-order valence-corrected chi connectivity index (χ3v) is 6.17. The van der Waals surface area contributed by atoms with Crippen LogP contribution in [0.2, 0.25) is 0 Å². The van der Waals surface area contributed by atoms with Gasteiger partial charge in [0.15, 0.2) is 0 Å². The van der Waals surface area contributed by atoms with E-state index >= 15 is 0 Å². The van der Waals surface area contributed by atoms with E-state index in [2.05, 4.69) is 97.9 Å². The molecule has 0 saturated heterocycles. The Bertz CT molecular complexity index is 1230. The second kappa shape index (κ2) is 6.12. The summed E-state index contributed by atoms with van der Waals surface area (Å²) in [5.41, 5.74) is 6.48.